The van der Waals surface area contributed by atoms with Crippen LogP contribution in [0.4, 0.5) is 0 Å². The van der Waals surface area contributed by atoms with Gasteiger partial charge in [-0.3, -0.25) is 4.79 Å². The Balaban J connectivity index is 1.38. The fraction of sp³-hybridized carbons (Fsp3) is 0.292. The van der Waals surface area contributed by atoms with E-state index in [0.29, 0.717) is 12.2 Å². The molecule has 1 saturated heterocycles. The fourth-order valence-corrected chi connectivity index (χ4v) is 3.65. The molecule has 28 heavy (non-hydrogen) atoms. The molecule has 3 aromatic rings. The Hall–Kier alpha value is -2.85. The largest absolute Gasteiger partial charge is 0.489 e. The monoisotopic (exact) mass is 374 g/mol. The van der Waals surface area contributed by atoms with E-state index in [1.807, 2.05) is 48.5 Å². The molecule has 1 aliphatic heterocycles. The molecule has 0 aromatic heterocycles. The van der Waals surface area contributed by atoms with Gasteiger partial charge in [-0.05, 0) is 73.6 Å². The number of likely N-dealkylation sites (tertiary alicyclic amines) is 1. The van der Waals surface area contributed by atoms with E-state index in [2.05, 4.69) is 35.5 Å². The van der Waals surface area contributed by atoms with Gasteiger partial charge in [0.2, 0.25) is 0 Å². The molecule has 1 amide bonds. The van der Waals surface area contributed by atoms with Crippen molar-refractivity contribution in [2.45, 2.75) is 25.5 Å². The number of fused-ring (bicyclic) bond motifs is 1. The van der Waals surface area contributed by atoms with Gasteiger partial charge in [0.25, 0.3) is 5.91 Å². The second kappa shape index (κ2) is 8.44. The topological polar surface area (TPSA) is 41.6 Å². The first kappa shape index (κ1) is 18.5. The average molecular weight is 374 g/mol. The first-order chi connectivity index (χ1) is 13.7. The van der Waals surface area contributed by atoms with E-state index in [4.69, 9.17) is 4.74 Å². The molecular weight excluding hydrogens is 348 g/mol. The maximum Gasteiger partial charge on any atom is 0.251 e. The van der Waals surface area contributed by atoms with E-state index in [1.165, 1.54) is 5.39 Å². The van der Waals surface area contributed by atoms with Crippen molar-refractivity contribution >= 4 is 16.7 Å². The average Bonchev–Trinajstić information content (AvgIpc) is 2.74. The minimum atomic E-state index is 0.00195. The van der Waals surface area contributed by atoms with Gasteiger partial charge in [0.1, 0.15) is 12.4 Å². The van der Waals surface area contributed by atoms with E-state index in [9.17, 15) is 4.79 Å². The number of carbonyl (C=O) groups excluding carboxylic acids is 1. The van der Waals surface area contributed by atoms with Crippen LogP contribution in [-0.2, 0) is 6.61 Å². The lowest BCUT2D eigenvalue weighted by Crippen LogP contribution is -2.43. The maximum absolute atomic E-state index is 12.6. The summed E-state index contributed by atoms with van der Waals surface area (Å²) in [6.45, 7) is 2.50. The number of hydrogen-bond acceptors (Lipinski definition) is 3. The van der Waals surface area contributed by atoms with Crippen LogP contribution in [-0.4, -0.2) is 37.0 Å². The van der Waals surface area contributed by atoms with Gasteiger partial charge in [-0.2, -0.15) is 0 Å². The number of rotatable bonds is 5. The molecule has 0 aliphatic carbocycles. The van der Waals surface area contributed by atoms with Gasteiger partial charge >= 0.3 is 0 Å². The van der Waals surface area contributed by atoms with Crippen LogP contribution in [0.5, 0.6) is 5.75 Å². The Labute approximate surface area is 166 Å². The summed E-state index contributed by atoms with van der Waals surface area (Å²) in [6, 6.07) is 22.3. The summed E-state index contributed by atoms with van der Waals surface area (Å²) in [4.78, 5) is 14.9. The normalized spacial score (nSPS) is 15.5. The van der Waals surface area contributed by atoms with Crippen molar-refractivity contribution in [1.29, 1.82) is 0 Å². The Bertz CT molecular complexity index is 961. The van der Waals surface area contributed by atoms with E-state index in [0.717, 1.165) is 42.6 Å². The summed E-state index contributed by atoms with van der Waals surface area (Å²) >= 11 is 0. The Morgan fingerprint density at radius 3 is 2.61 bits per heavy atom. The van der Waals surface area contributed by atoms with E-state index in [-0.39, 0.29) is 11.9 Å². The lowest BCUT2D eigenvalue weighted by atomic mass is 10.0. The van der Waals surface area contributed by atoms with Crippen LogP contribution in [0, 0.1) is 0 Å². The minimum absolute atomic E-state index is 0.00195. The van der Waals surface area contributed by atoms with Crippen LogP contribution < -0.4 is 10.1 Å². The number of amides is 1. The van der Waals surface area contributed by atoms with Crippen molar-refractivity contribution in [2.75, 3.05) is 20.1 Å². The van der Waals surface area contributed by atoms with Crippen LogP contribution in [0.2, 0.25) is 0 Å². The van der Waals surface area contributed by atoms with E-state index >= 15 is 0 Å². The summed E-state index contributed by atoms with van der Waals surface area (Å²) in [7, 11) is 2.12. The molecule has 0 bridgehead atoms. The van der Waals surface area contributed by atoms with Crippen LogP contribution in [0.25, 0.3) is 10.8 Å². The molecule has 0 unspecified atom stereocenters. The number of carbonyl (C=O) groups is 1. The number of ether oxygens (including phenoxy) is 1. The summed E-state index contributed by atoms with van der Waals surface area (Å²) in [5.74, 6) is 0.835. The van der Waals surface area contributed by atoms with Gasteiger partial charge in [-0.25, -0.2) is 0 Å². The van der Waals surface area contributed by atoms with Crippen molar-refractivity contribution in [3.63, 3.8) is 0 Å². The van der Waals surface area contributed by atoms with Gasteiger partial charge in [0, 0.05) is 11.6 Å². The zero-order valence-electron chi connectivity index (χ0n) is 16.2. The predicted molar refractivity (Wildman–Crippen MR) is 113 cm³/mol. The molecule has 4 heteroatoms. The van der Waals surface area contributed by atoms with Crippen molar-refractivity contribution in [1.82, 2.24) is 10.2 Å². The number of nitrogens with zero attached hydrogens (tertiary/aromatic N) is 1. The Kier molecular flexibility index (Phi) is 5.58. The smallest absolute Gasteiger partial charge is 0.251 e. The lowest BCUT2D eigenvalue weighted by molar-refractivity contribution is 0.0916. The zero-order chi connectivity index (χ0) is 19.3. The van der Waals surface area contributed by atoms with Gasteiger partial charge in [-0.1, -0.05) is 42.5 Å². The Morgan fingerprint density at radius 2 is 1.79 bits per heavy atom. The molecule has 1 fully saturated rings. The summed E-state index contributed by atoms with van der Waals surface area (Å²) in [5.41, 5.74) is 1.68. The molecule has 0 radical (unpaired) electrons. The van der Waals surface area contributed by atoms with Crippen LogP contribution >= 0.6 is 0 Å². The molecule has 1 heterocycles. The van der Waals surface area contributed by atoms with Gasteiger partial charge in [0.05, 0.1) is 0 Å². The summed E-state index contributed by atoms with van der Waals surface area (Å²) in [6.07, 6.45) is 2.01. The summed E-state index contributed by atoms with van der Waals surface area (Å²) < 4.78 is 5.96. The number of piperidine rings is 1. The molecule has 144 valence electrons. The highest BCUT2D eigenvalue weighted by Gasteiger charge is 2.19. The predicted octanol–water partition coefficient (Wildman–Crippen LogP) is 4.24. The molecule has 0 spiro atoms. The summed E-state index contributed by atoms with van der Waals surface area (Å²) in [5, 5.41) is 5.53. The quantitative estimate of drug-likeness (QED) is 0.726. The van der Waals surface area contributed by atoms with Crippen molar-refractivity contribution in [3.8, 4) is 5.75 Å². The first-order valence-corrected chi connectivity index (χ1v) is 9.87. The molecule has 1 aliphatic rings. The van der Waals surface area contributed by atoms with Crippen molar-refractivity contribution in [2.24, 2.45) is 0 Å². The van der Waals surface area contributed by atoms with Gasteiger partial charge in [-0.15, -0.1) is 0 Å². The number of hydrogen-bond donors (Lipinski definition) is 1. The highest BCUT2D eigenvalue weighted by Crippen LogP contribution is 2.21. The van der Waals surface area contributed by atoms with Gasteiger partial charge in [0.15, 0.2) is 0 Å². The highest BCUT2D eigenvalue weighted by atomic mass is 16.5. The number of benzene rings is 3. The molecule has 1 N–H and O–H groups in total. The second-order valence-electron chi connectivity index (χ2n) is 7.55. The molecule has 0 saturated carbocycles. The maximum atomic E-state index is 12.6. The lowest BCUT2D eigenvalue weighted by Gasteiger charge is -2.29. The van der Waals surface area contributed by atoms with Crippen molar-refractivity contribution < 1.29 is 9.53 Å². The molecular formula is C24H26N2O2. The van der Waals surface area contributed by atoms with Crippen LogP contribution in [0.1, 0.15) is 28.8 Å². The minimum Gasteiger partial charge on any atom is -0.489 e. The highest BCUT2D eigenvalue weighted by molar-refractivity contribution is 5.94. The second-order valence-corrected chi connectivity index (χ2v) is 7.55. The van der Waals surface area contributed by atoms with Crippen molar-refractivity contribution in [3.05, 3.63) is 77.9 Å². The Morgan fingerprint density at radius 1 is 1.00 bits per heavy atom. The molecule has 4 rings (SSSR count). The molecule has 4 nitrogen and oxygen atoms in total. The molecule has 3 aromatic carbocycles. The number of nitrogens with one attached hydrogen (secondary N) is 1. The SMILES string of the molecule is CN1CCC(NC(=O)c2cccc(COc3ccc4ccccc4c3)c2)CC1. The third-order valence-electron chi connectivity index (χ3n) is 5.37. The van der Waals surface area contributed by atoms with E-state index < -0.39 is 0 Å². The third kappa shape index (κ3) is 4.52. The standard InChI is InChI=1S/C24H26N2O2/c1-26-13-11-22(12-14-26)25-24(27)21-8-4-5-18(15-21)17-28-23-10-9-19-6-2-3-7-20(19)16-23/h2-10,15-16,22H,11-14,17H2,1H3,(H,25,27). The fourth-order valence-electron chi connectivity index (χ4n) is 3.65. The van der Waals surface area contributed by atoms with E-state index in [1.54, 1.807) is 0 Å². The molecule has 0 atom stereocenters. The zero-order valence-corrected chi connectivity index (χ0v) is 16.2. The van der Waals surface area contributed by atoms with Crippen LogP contribution in [0.3, 0.4) is 0 Å². The van der Waals surface area contributed by atoms with Gasteiger partial charge < -0.3 is 15.0 Å². The van der Waals surface area contributed by atoms with Crippen LogP contribution in [0.15, 0.2) is 66.7 Å². The first-order valence-electron chi connectivity index (χ1n) is 9.87. The third-order valence-corrected chi connectivity index (χ3v) is 5.37.